The average molecular weight is 357 g/mol. The molecular weight excluding hydrogens is 334 g/mol. The molecule has 3 amide bonds. The number of hydrogen-bond acceptors (Lipinski definition) is 5. The van der Waals surface area contributed by atoms with Gasteiger partial charge in [-0.25, -0.2) is 4.79 Å². The summed E-state index contributed by atoms with van der Waals surface area (Å²) in [6.07, 6.45) is 1.67. The summed E-state index contributed by atoms with van der Waals surface area (Å²) in [6, 6.07) is 7.34. The van der Waals surface area contributed by atoms with Gasteiger partial charge in [0.2, 0.25) is 11.9 Å². The Morgan fingerprint density at radius 3 is 2.38 bits per heavy atom. The quantitative estimate of drug-likeness (QED) is 0.844. The van der Waals surface area contributed by atoms with E-state index in [-0.39, 0.29) is 11.9 Å². The summed E-state index contributed by atoms with van der Waals surface area (Å²) >= 11 is 0. The third kappa shape index (κ3) is 4.29. The van der Waals surface area contributed by atoms with Crippen LogP contribution in [0.5, 0.6) is 0 Å². The minimum absolute atomic E-state index is 0.0754. The van der Waals surface area contributed by atoms with Gasteiger partial charge < -0.3 is 25.0 Å². The zero-order chi connectivity index (χ0) is 18.5. The highest BCUT2D eigenvalue weighted by atomic mass is 16.2. The molecule has 9 heteroatoms. The monoisotopic (exact) mass is 357 g/mol. The standard InChI is InChI=1S/C17H23N7O2/c1-13(25)20-15-5-3-14(4-6-15)11-18-17(26)24-9-7-23(8-10-24)16-21-19-12-22(16)2/h3-6,12H,7-11H2,1-2H3,(H,18,26)(H,20,25). The summed E-state index contributed by atoms with van der Waals surface area (Å²) < 4.78 is 1.88. The van der Waals surface area contributed by atoms with Crippen LogP contribution in [0.25, 0.3) is 0 Å². The Bertz CT molecular complexity index is 764. The van der Waals surface area contributed by atoms with Crippen molar-refractivity contribution in [2.24, 2.45) is 7.05 Å². The maximum absolute atomic E-state index is 12.4. The Balaban J connectivity index is 1.46. The Kier molecular flexibility index (Phi) is 5.35. The molecule has 138 valence electrons. The first-order valence-electron chi connectivity index (χ1n) is 8.51. The van der Waals surface area contributed by atoms with Crippen molar-refractivity contribution in [3.05, 3.63) is 36.2 Å². The van der Waals surface area contributed by atoms with E-state index in [1.165, 1.54) is 6.92 Å². The second-order valence-corrected chi connectivity index (χ2v) is 6.25. The van der Waals surface area contributed by atoms with Gasteiger partial charge in [0.25, 0.3) is 0 Å². The second kappa shape index (κ2) is 7.85. The summed E-state index contributed by atoms with van der Waals surface area (Å²) in [6.45, 7) is 4.65. The Labute approximate surface area is 152 Å². The first kappa shape index (κ1) is 17.7. The van der Waals surface area contributed by atoms with Crippen LogP contribution in [0.3, 0.4) is 0 Å². The molecule has 1 aromatic heterocycles. The van der Waals surface area contributed by atoms with Crippen LogP contribution in [0.15, 0.2) is 30.6 Å². The van der Waals surface area contributed by atoms with Gasteiger partial charge in [0.15, 0.2) is 0 Å². The van der Waals surface area contributed by atoms with Crippen molar-refractivity contribution in [1.82, 2.24) is 25.0 Å². The lowest BCUT2D eigenvalue weighted by molar-refractivity contribution is -0.114. The molecule has 1 aromatic carbocycles. The number of carbonyl (C=O) groups excluding carboxylic acids is 2. The van der Waals surface area contributed by atoms with E-state index >= 15 is 0 Å². The number of nitrogens with one attached hydrogen (secondary N) is 2. The number of aryl methyl sites for hydroxylation is 1. The van der Waals surface area contributed by atoms with E-state index in [1.54, 1.807) is 11.2 Å². The fourth-order valence-corrected chi connectivity index (χ4v) is 2.87. The largest absolute Gasteiger partial charge is 0.337 e. The number of piperazine rings is 1. The van der Waals surface area contributed by atoms with E-state index < -0.39 is 0 Å². The zero-order valence-corrected chi connectivity index (χ0v) is 15.0. The molecule has 2 heterocycles. The van der Waals surface area contributed by atoms with Crippen LogP contribution in [0.1, 0.15) is 12.5 Å². The van der Waals surface area contributed by atoms with E-state index in [4.69, 9.17) is 0 Å². The fraction of sp³-hybridized carbons (Fsp3) is 0.412. The number of amides is 3. The third-order valence-corrected chi connectivity index (χ3v) is 4.26. The third-order valence-electron chi connectivity index (χ3n) is 4.26. The molecule has 0 atom stereocenters. The van der Waals surface area contributed by atoms with E-state index in [2.05, 4.69) is 25.7 Å². The van der Waals surface area contributed by atoms with Crippen LogP contribution < -0.4 is 15.5 Å². The number of anilines is 2. The highest BCUT2D eigenvalue weighted by molar-refractivity contribution is 5.88. The van der Waals surface area contributed by atoms with Gasteiger partial charge in [-0.05, 0) is 17.7 Å². The Hall–Kier alpha value is -3.10. The van der Waals surface area contributed by atoms with E-state index in [0.717, 1.165) is 30.3 Å². The number of carbonyl (C=O) groups is 2. The van der Waals surface area contributed by atoms with E-state index in [0.29, 0.717) is 19.6 Å². The van der Waals surface area contributed by atoms with Crippen molar-refractivity contribution in [1.29, 1.82) is 0 Å². The van der Waals surface area contributed by atoms with Gasteiger partial charge in [-0.2, -0.15) is 0 Å². The molecule has 0 unspecified atom stereocenters. The molecular formula is C17H23N7O2. The molecule has 2 aromatic rings. The van der Waals surface area contributed by atoms with E-state index in [1.807, 2.05) is 35.9 Å². The highest BCUT2D eigenvalue weighted by Crippen LogP contribution is 2.12. The van der Waals surface area contributed by atoms with Crippen molar-refractivity contribution in [3.63, 3.8) is 0 Å². The highest BCUT2D eigenvalue weighted by Gasteiger charge is 2.23. The van der Waals surface area contributed by atoms with Gasteiger partial charge in [-0.3, -0.25) is 4.79 Å². The SMILES string of the molecule is CC(=O)Nc1ccc(CNC(=O)N2CCN(c3nncn3C)CC2)cc1. The minimum Gasteiger partial charge on any atom is -0.337 e. The second-order valence-electron chi connectivity index (χ2n) is 6.25. The molecule has 0 spiro atoms. The zero-order valence-electron chi connectivity index (χ0n) is 15.0. The molecule has 26 heavy (non-hydrogen) atoms. The summed E-state index contributed by atoms with van der Waals surface area (Å²) in [4.78, 5) is 27.3. The van der Waals surface area contributed by atoms with Crippen molar-refractivity contribution in [2.45, 2.75) is 13.5 Å². The molecule has 2 N–H and O–H groups in total. The molecule has 0 radical (unpaired) electrons. The fourth-order valence-electron chi connectivity index (χ4n) is 2.87. The number of urea groups is 1. The van der Waals surface area contributed by atoms with Gasteiger partial charge in [0.05, 0.1) is 0 Å². The minimum atomic E-state index is -0.105. The summed E-state index contributed by atoms with van der Waals surface area (Å²) in [5.41, 5.74) is 1.72. The van der Waals surface area contributed by atoms with Crippen LogP contribution in [-0.2, 0) is 18.4 Å². The lowest BCUT2D eigenvalue weighted by Gasteiger charge is -2.34. The van der Waals surface area contributed by atoms with Gasteiger partial charge in [0, 0.05) is 52.4 Å². The average Bonchev–Trinajstić information content (AvgIpc) is 3.06. The van der Waals surface area contributed by atoms with Crippen LogP contribution in [0.4, 0.5) is 16.4 Å². The number of hydrogen-bond donors (Lipinski definition) is 2. The van der Waals surface area contributed by atoms with Gasteiger partial charge in [-0.1, -0.05) is 12.1 Å². The number of rotatable bonds is 4. The van der Waals surface area contributed by atoms with Crippen molar-refractivity contribution >= 4 is 23.6 Å². The predicted molar refractivity (Wildman–Crippen MR) is 97.8 cm³/mol. The smallest absolute Gasteiger partial charge is 0.317 e. The Morgan fingerprint density at radius 2 is 1.81 bits per heavy atom. The maximum atomic E-state index is 12.4. The molecule has 1 fully saturated rings. The number of aromatic nitrogens is 3. The Morgan fingerprint density at radius 1 is 1.12 bits per heavy atom. The van der Waals surface area contributed by atoms with Gasteiger partial charge in [-0.15, -0.1) is 10.2 Å². The summed E-state index contributed by atoms with van der Waals surface area (Å²) in [5, 5.41) is 13.7. The van der Waals surface area contributed by atoms with Gasteiger partial charge in [0.1, 0.15) is 6.33 Å². The molecule has 1 aliphatic heterocycles. The van der Waals surface area contributed by atoms with Crippen LogP contribution in [-0.4, -0.2) is 57.8 Å². The van der Waals surface area contributed by atoms with Crippen molar-refractivity contribution < 1.29 is 9.59 Å². The normalized spacial score (nSPS) is 14.2. The summed E-state index contributed by atoms with van der Waals surface area (Å²) in [5.74, 6) is 0.718. The van der Waals surface area contributed by atoms with Crippen molar-refractivity contribution in [2.75, 3.05) is 36.4 Å². The van der Waals surface area contributed by atoms with E-state index in [9.17, 15) is 9.59 Å². The molecule has 0 aliphatic carbocycles. The first-order valence-corrected chi connectivity index (χ1v) is 8.51. The van der Waals surface area contributed by atoms with Crippen LogP contribution in [0, 0.1) is 0 Å². The molecule has 9 nitrogen and oxygen atoms in total. The molecule has 1 saturated heterocycles. The van der Waals surface area contributed by atoms with Crippen molar-refractivity contribution in [3.8, 4) is 0 Å². The number of nitrogens with zero attached hydrogens (tertiary/aromatic N) is 5. The lowest BCUT2D eigenvalue weighted by Crippen LogP contribution is -2.52. The summed E-state index contributed by atoms with van der Waals surface area (Å²) in [7, 11) is 1.91. The topological polar surface area (TPSA) is 95.4 Å². The van der Waals surface area contributed by atoms with Crippen LogP contribution >= 0.6 is 0 Å². The molecule has 0 saturated carbocycles. The molecule has 3 rings (SSSR count). The number of benzene rings is 1. The van der Waals surface area contributed by atoms with Crippen LogP contribution in [0.2, 0.25) is 0 Å². The van der Waals surface area contributed by atoms with Gasteiger partial charge >= 0.3 is 6.03 Å². The first-order chi connectivity index (χ1) is 12.5. The predicted octanol–water partition coefficient (Wildman–Crippen LogP) is 0.805. The molecule has 0 bridgehead atoms. The maximum Gasteiger partial charge on any atom is 0.317 e. The molecule has 1 aliphatic rings. The lowest BCUT2D eigenvalue weighted by atomic mass is 10.2.